The third kappa shape index (κ3) is 1.52. The maximum absolute atomic E-state index is 2.29. The monoisotopic (exact) mass is 236 g/mol. The highest BCUT2D eigenvalue weighted by molar-refractivity contribution is 5.91. The van der Waals surface area contributed by atoms with Gasteiger partial charge in [0.15, 0.2) is 0 Å². The molecule has 3 rings (SSSR count). The third-order valence-electron chi connectivity index (χ3n) is 4.62. The Morgan fingerprint density at radius 2 is 1.06 bits per heavy atom. The molecule has 0 heteroatoms. The lowest BCUT2D eigenvalue weighted by Crippen LogP contribution is -2.10. The average molecular weight is 236 g/mol. The molecular weight excluding hydrogens is 216 g/mol. The summed E-state index contributed by atoms with van der Waals surface area (Å²) in [6.07, 6.45) is 2.28. The average Bonchev–Trinajstić information content (AvgIpc) is 2.38. The molecule has 92 valence electrons. The first kappa shape index (κ1) is 11.5. The molecule has 2 aromatic carbocycles. The van der Waals surface area contributed by atoms with E-state index in [-0.39, 0.29) is 0 Å². The van der Waals surface area contributed by atoms with Gasteiger partial charge in [-0.1, -0.05) is 35.4 Å². The van der Waals surface area contributed by atoms with Gasteiger partial charge in [0.1, 0.15) is 0 Å². The number of hydrogen-bond acceptors (Lipinski definition) is 0. The molecule has 0 aromatic heterocycles. The van der Waals surface area contributed by atoms with Crippen LogP contribution in [0.2, 0.25) is 0 Å². The summed E-state index contributed by atoms with van der Waals surface area (Å²) in [5.74, 6) is 0. The van der Waals surface area contributed by atoms with Crippen LogP contribution < -0.4 is 0 Å². The van der Waals surface area contributed by atoms with Gasteiger partial charge in [-0.15, -0.1) is 0 Å². The number of benzene rings is 2. The number of fused-ring (bicyclic) bond motifs is 2. The normalized spacial score (nSPS) is 15.1. The van der Waals surface area contributed by atoms with Gasteiger partial charge in [-0.3, -0.25) is 0 Å². The van der Waals surface area contributed by atoms with Crippen LogP contribution in [0.3, 0.4) is 0 Å². The van der Waals surface area contributed by atoms with Crippen molar-refractivity contribution in [2.24, 2.45) is 0 Å². The molecule has 0 spiro atoms. The number of rotatable bonds is 0. The molecular formula is C18H20. The molecule has 2 aromatic rings. The van der Waals surface area contributed by atoms with Gasteiger partial charge in [-0.05, 0) is 73.6 Å². The number of aryl methyl sites for hydroxylation is 2. The zero-order valence-corrected chi connectivity index (χ0v) is 11.7. The molecule has 0 amide bonds. The van der Waals surface area contributed by atoms with E-state index in [2.05, 4.69) is 52.0 Å². The Morgan fingerprint density at radius 1 is 0.667 bits per heavy atom. The van der Waals surface area contributed by atoms with Crippen LogP contribution in [0.1, 0.15) is 36.1 Å². The van der Waals surface area contributed by atoms with Gasteiger partial charge in [0.05, 0.1) is 0 Å². The van der Waals surface area contributed by atoms with Gasteiger partial charge in [0.2, 0.25) is 0 Å². The number of hydrogen-bond donors (Lipinski definition) is 0. The van der Waals surface area contributed by atoms with Crippen molar-refractivity contribution in [3.05, 3.63) is 57.7 Å². The second-order valence-corrected chi connectivity index (χ2v) is 5.67. The van der Waals surface area contributed by atoms with Gasteiger partial charge in [-0.25, -0.2) is 0 Å². The quantitative estimate of drug-likeness (QED) is 0.571. The first-order valence-corrected chi connectivity index (χ1v) is 6.74. The molecule has 1 aliphatic rings. The molecule has 0 heterocycles. The Balaban J connectivity index is 2.38. The molecule has 1 aliphatic carbocycles. The van der Waals surface area contributed by atoms with Crippen molar-refractivity contribution in [1.82, 2.24) is 0 Å². The molecule has 0 atom stereocenters. The molecule has 0 N–H and O–H groups in total. The minimum atomic E-state index is 1.14. The van der Waals surface area contributed by atoms with Crippen LogP contribution in [0.15, 0.2) is 35.4 Å². The molecule has 0 bridgehead atoms. The van der Waals surface area contributed by atoms with Crippen molar-refractivity contribution in [1.29, 1.82) is 0 Å². The van der Waals surface area contributed by atoms with Crippen LogP contribution in [0.4, 0.5) is 0 Å². The fourth-order valence-electron chi connectivity index (χ4n) is 3.23. The van der Waals surface area contributed by atoms with Gasteiger partial charge >= 0.3 is 0 Å². The van der Waals surface area contributed by atoms with Crippen LogP contribution in [-0.2, 0) is 12.8 Å². The minimum Gasteiger partial charge on any atom is -0.0697 e. The minimum absolute atomic E-state index is 1.14. The summed E-state index contributed by atoms with van der Waals surface area (Å²) < 4.78 is 0. The van der Waals surface area contributed by atoms with Crippen LogP contribution in [0.25, 0.3) is 10.8 Å². The smallest absolute Gasteiger partial charge is 0.00614 e. The van der Waals surface area contributed by atoms with E-state index >= 15 is 0 Å². The van der Waals surface area contributed by atoms with E-state index in [9.17, 15) is 0 Å². The van der Waals surface area contributed by atoms with Crippen LogP contribution in [-0.4, -0.2) is 0 Å². The van der Waals surface area contributed by atoms with Crippen molar-refractivity contribution in [2.45, 2.75) is 40.5 Å². The van der Waals surface area contributed by atoms with Gasteiger partial charge in [-0.2, -0.15) is 0 Å². The standard InChI is InChI=1S/C18H20/c1-11-9-17-13(3)15-7-5-6-8-16(15)14(4)18(17)10-12(11)2/h5-8H,9-10H2,1-4H3. The molecule has 0 saturated heterocycles. The van der Waals surface area contributed by atoms with Crippen LogP contribution >= 0.6 is 0 Å². The lowest BCUT2D eigenvalue weighted by molar-refractivity contribution is 0.936. The summed E-state index contributed by atoms with van der Waals surface area (Å²) in [4.78, 5) is 0. The summed E-state index contributed by atoms with van der Waals surface area (Å²) in [5.41, 5.74) is 9.24. The van der Waals surface area contributed by atoms with Crippen molar-refractivity contribution >= 4 is 10.8 Å². The highest BCUT2D eigenvalue weighted by Crippen LogP contribution is 2.36. The van der Waals surface area contributed by atoms with E-state index in [1.807, 2.05) is 0 Å². The van der Waals surface area contributed by atoms with Crippen molar-refractivity contribution < 1.29 is 0 Å². The summed E-state index contributed by atoms with van der Waals surface area (Å²) in [5, 5.41) is 2.86. The molecule has 0 unspecified atom stereocenters. The van der Waals surface area contributed by atoms with Crippen LogP contribution in [0.5, 0.6) is 0 Å². The summed E-state index contributed by atoms with van der Waals surface area (Å²) in [7, 11) is 0. The van der Waals surface area contributed by atoms with Crippen molar-refractivity contribution in [2.75, 3.05) is 0 Å². The Morgan fingerprint density at radius 3 is 1.44 bits per heavy atom. The maximum atomic E-state index is 2.29. The Kier molecular flexibility index (Phi) is 2.55. The third-order valence-corrected chi connectivity index (χ3v) is 4.62. The Bertz CT molecular complexity index is 613. The maximum Gasteiger partial charge on any atom is -0.00614 e. The van der Waals surface area contributed by atoms with E-state index in [1.54, 1.807) is 22.3 Å². The zero-order chi connectivity index (χ0) is 12.9. The lowest BCUT2D eigenvalue weighted by Gasteiger charge is -2.25. The SMILES string of the molecule is CC1=C(C)Cc2c(c(C)c3ccccc3c2C)C1. The second-order valence-electron chi connectivity index (χ2n) is 5.67. The Hall–Kier alpha value is -1.56. The fourth-order valence-corrected chi connectivity index (χ4v) is 3.23. The van der Waals surface area contributed by atoms with E-state index in [4.69, 9.17) is 0 Å². The Labute approximate surface area is 109 Å². The topological polar surface area (TPSA) is 0 Å². The van der Waals surface area contributed by atoms with E-state index in [0.717, 1.165) is 12.8 Å². The molecule has 0 nitrogen and oxygen atoms in total. The summed E-state index contributed by atoms with van der Waals surface area (Å²) >= 11 is 0. The summed E-state index contributed by atoms with van der Waals surface area (Å²) in [6, 6.07) is 8.83. The summed E-state index contributed by atoms with van der Waals surface area (Å²) in [6.45, 7) is 9.13. The molecule has 18 heavy (non-hydrogen) atoms. The van der Waals surface area contributed by atoms with Gasteiger partial charge in [0.25, 0.3) is 0 Å². The fraction of sp³-hybridized carbons (Fsp3) is 0.333. The number of allylic oxidation sites excluding steroid dienone is 2. The largest absolute Gasteiger partial charge is 0.0697 e. The first-order valence-electron chi connectivity index (χ1n) is 6.74. The molecule has 0 aliphatic heterocycles. The van der Waals surface area contributed by atoms with Gasteiger partial charge in [0, 0.05) is 0 Å². The lowest BCUT2D eigenvalue weighted by atomic mass is 9.80. The van der Waals surface area contributed by atoms with E-state index in [1.165, 1.54) is 21.9 Å². The predicted octanol–water partition coefficient (Wildman–Crippen LogP) is 4.89. The van der Waals surface area contributed by atoms with E-state index < -0.39 is 0 Å². The first-order chi connectivity index (χ1) is 8.59. The van der Waals surface area contributed by atoms with Crippen molar-refractivity contribution in [3.8, 4) is 0 Å². The highest BCUT2D eigenvalue weighted by Gasteiger charge is 2.19. The van der Waals surface area contributed by atoms with Gasteiger partial charge < -0.3 is 0 Å². The molecule has 0 fully saturated rings. The predicted molar refractivity (Wildman–Crippen MR) is 79.2 cm³/mol. The zero-order valence-electron chi connectivity index (χ0n) is 11.7. The molecule has 0 saturated carbocycles. The van der Waals surface area contributed by atoms with E-state index in [0.29, 0.717) is 0 Å². The van der Waals surface area contributed by atoms with Crippen molar-refractivity contribution in [3.63, 3.8) is 0 Å². The van der Waals surface area contributed by atoms with Crippen LogP contribution in [0, 0.1) is 13.8 Å². The molecule has 0 radical (unpaired) electrons. The highest BCUT2D eigenvalue weighted by atomic mass is 14.2. The second kappa shape index (κ2) is 3.98.